The summed E-state index contributed by atoms with van der Waals surface area (Å²) in [4.78, 5) is 11.7. The molecule has 0 saturated heterocycles. The second-order valence-corrected chi connectivity index (χ2v) is 5.27. The summed E-state index contributed by atoms with van der Waals surface area (Å²) in [6, 6.07) is 7.48. The smallest absolute Gasteiger partial charge is 0.239 e. The molecule has 0 spiro atoms. The summed E-state index contributed by atoms with van der Waals surface area (Å²) < 4.78 is 0.779. The van der Waals surface area contributed by atoms with Crippen molar-refractivity contribution < 1.29 is 4.79 Å². The first-order valence-corrected chi connectivity index (χ1v) is 7.09. The van der Waals surface area contributed by atoms with Gasteiger partial charge in [-0.15, -0.1) is 0 Å². The molecular weight excluding hydrogens is 306 g/mol. The van der Waals surface area contributed by atoms with E-state index in [-0.39, 0.29) is 18.5 Å². The highest BCUT2D eigenvalue weighted by atomic mass is 79.9. The van der Waals surface area contributed by atoms with Gasteiger partial charge in [0, 0.05) is 16.2 Å². The van der Waals surface area contributed by atoms with Crippen molar-refractivity contribution in [2.45, 2.75) is 32.7 Å². The average Bonchev–Trinajstić information content (AvgIpc) is 2.37. The molecule has 5 heteroatoms. The van der Waals surface area contributed by atoms with Crippen LogP contribution in [0.15, 0.2) is 22.7 Å². The highest BCUT2D eigenvalue weighted by Crippen LogP contribution is 2.23. The van der Waals surface area contributed by atoms with E-state index in [2.05, 4.69) is 39.6 Å². The Morgan fingerprint density at radius 2 is 2.26 bits per heavy atom. The van der Waals surface area contributed by atoms with Gasteiger partial charge in [-0.1, -0.05) is 13.3 Å². The second kappa shape index (κ2) is 7.80. The Bertz CT molecular complexity index is 482. The molecule has 1 atom stereocenters. The Kier molecular flexibility index (Phi) is 6.37. The van der Waals surface area contributed by atoms with Crippen LogP contribution in [0.25, 0.3) is 0 Å². The Morgan fingerprint density at radius 1 is 1.53 bits per heavy atom. The molecular formula is C14H18BrN3O. The fraction of sp³-hybridized carbons (Fsp3) is 0.429. The zero-order chi connectivity index (χ0) is 14.3. The molecule has 1 aromatic carbocycles. The maximum absolute atomic E-state index is 11.7. The van der Waals surface area contributed by atoms with Crippen LogP contribution in [-0.2, 0) is 4.79 Å². The van der Waals surface area contributed by atoms with Gasteiger partial charge in [0.1, 0.15) is 0 Å². The number of amides is 1. The summed E-state index contributed by atoms with van der Waals surface area (Å²) >= 11 is 3.37. The third-order valence-electron chi connectivity index (χ3n) is 2.67. The van der Waals surface area contributed by atoms with Crippen molar-refractivity contribution in [3.05, 3.63) is 28.2 Å². The third-order valence-corrected chi connectivity index (χ3v) is 3.32. The van der Waals surface area contributed by atoms with Gasteiger partial charge in [0.05, 0.1) is 18.2 Å². The van der Waals surface area contributed by atoms with Gasteiger partial charge in [0.2, 0.25) is 5.91 Å². The molecule has 0 aliphatic heterocycles. The van der Waals surface area contributed by atoms with Crippen LogP contribution < -0.4 is 10.6 Å². The van der Waals surface area contributed by atoms with E-state index < -0.39 is 0 Å². The number of rotatable bonds is 6. The minimum absolute atomic E-state index is 0.0304. The minimum Gasteiger partial charge on any atom is -0.375 e. The average molecular weight is 324 g/mol. The molecule has 0 aliphatic rings. The Morgan fingerprint density at radius 3 is 2.84 bits per heavy atom. The first kappa shape index (κ1) is 15.5. The Hall–Kier alpha value is -1.54. The van der Waals surface area contributed by atoms with Gasteiger partial charge in [-0.2, -0.15) is 5.26 Å². The summed E-state index contributed by atoms with van der Waals surface area (Å²) in [5.74, 6) is -0.0304. The topological polar surface area (TPSA) is 64.9 Å². The quantitative estimate of drug-likeness (QED) is 0.845. The van der Waals surface area contributed by atoms with Gasteiger partial charge in [0.25, 0.3) is 0 Å². The molecule has 0 aliphatic carbocycles. The largest absolute Gasteiger partial charge is 0.375 e. The molecule has 0 saturated carbocycles. The summed E-state index contributed by atoms with van der Waals surface area (Å²) in [7, 11) is 0. The standard InChI is InChI=1S/C14H18BrN3O/c1-3-4-10(2)18-14(19)9-17-13-6-5-11(8-16)7-12(13)15/h5-7,10,17H,3-4,9H2,1-2H3,(H,18,19). The number of benzene rings is 1. The van der Waals surface area contributed by atoms with Crippen LogP contribution in [0.3, 0.4) is 0 Å². The van der Waals surface area contributed by atoms with Crippen molar-refractivity contribution in [3.63, 3.8) is 0 Å². The maximum Gasteiger partial charge on any atom is 0.239 e. The lowest BCUT2D eigenvalue weighted by atomic mass is 10.2. The summed E-state index contributed by atoms with van der Waals surface area (Å²) in [6.07, 6.45) is 2.03. The van der Waals surface area contributed by atoms with E-state index in [1.165, 1.54) is 0 Å². The van der Waals surface area contributed by atoms with E-state index in [1.54, 1.807) is 18.2 Å². The minimum atomic E-state index is -0.0304. The van der Waals surface area contributed by atoms with Gasteiger partial charge >= 0.3 is 0 Å². The second-order valence-electron chi connectivity index (χ2n) is 4.42. The zero-order valence-corrected chi connectivity index (χ0v) is 12.8. The van der Waals surface area contributed by atoms with Crippen LogP contribution in [-0.4, -0.2) is 18.5 Å². The van der Waals surface area contributed by atoms with Crippen molar-refractivity contribution in [2.24, 2.45) is 0 Å². The predicted molar refractivity (Wildman–Crippen MR) is 79.9 cm³/mol. The summed E-state index contributed by atoms with van der Waals surface area (Å²) in [5, 5.41) is 14.7. The lowest BCUT2D eigenvalue weighted by molar-refractivity contribution is -0.120. The molecule has 1 rings (SSSR count). The molecule has 0 heterocycles. The van der Waals surface area contributed by atoms with Crippen molar-refractivity contribution in [1.82, 2.24) is 5.32 Å². The Labute approximate surface area is 122 Å². The van der Waals surface area contributed by atoms with E-state index in [9.17, 15) is 4.79 Å². The number of hydrogen-bond donors (Lipinski definition) is 2. The molecule has 19 heavy (non-hydrogen) atoms. The molecule has 0 bridgehead atoms. The van der Waals surface area contributed by atoms with Crippen molar-refractivity contribution >= 4 is 27.5 Å². The number of carbonyl (C=O) groups is 1. The van der Waals surface area contributed by atoms with E-state index in [0.29, 0.717) is 5.56 Å². The summed E-state index contributed by atoms with van der Waals surface area (Å²) in [5.41, 5.74) is 1.38. The fourth-order valence-electron chi connectivity index (χ4n) is 1.73. The van der Waals surface area contributed by atoms with Gasteiger partial charge < -0.3 is 10.6 Å². The molecule has 102 valence electrons. The highest BCUT2D eigenvalue weighted by molar-refractivity contribution is 9.10. The molecule has 0 radical (unpaired) electrons. The molecule has 0 aromatic heterocycles. The van der Waals surface area contributed by atoms with E-state index in [0.717, 1.165) is 23.0 Å². The number of nitriles is 1. The third kappa shape index (κ3) is 5.31. The number of nitrogens with zero attached hydrogens (tertiary/aromatic N) is 1. The monoisotopic (exact) mass is 323 g/mol. The van der Waals surface area contributed by atoms with Crippen molar-refractivity contribution in [2.75, 3.05) is 11.9 Å². The Balaban J connectivity index is 2.49. The zero-order valence-electron chi connectivity index (χ0n) is 11.2. The molecule has 1 aromatic rings. The normalized spacial score (nSPS) is 11.5. The number of hydrogen-bond acceptors (Lipinski definition) is 3. The maximum atomic E-state index is 11.7. The molecule has 1 unspecified atom stereocenters. The molecule has 0 fully saturated rings. The highest BCUT2D eigenvalue weighted by Gasteiger charge is 2.07. The number of anilines is 1. The SMILES string of the molecule is CCCC(C)NC(=O)CNc1ccc(C#N)cc1Br. The van der Waals surface area contributed by atoms with Crippen molar-refractivity contribution in [3.8, 4) is 6.07 Å². The van der Waals surface area contributed by atoms with Crippen LogP contribution >= 0.6 is 15.9 Å². The van der Waals surface area contributed by atoms with E-state index >= 15 is 0 Å². The molecule has 1 amide bonds. The predicted octanol–water partition coefficient (Wildman–Crippen LogP) is 3.04. The lowest BCUT2D eigenvalue weighted by Crippen LogP contribution is -2.36. The van der Waals surface area contributed by atoms with Crippen LogP contribution in [0.5, 0.6) is 0 Å². The van der Waals surface area contributed by atoms with Gasteiger partial charge in [-0.05, 0) is 47.5 Å². The van der Waals surface area contributed by atoms with Gasteiger partial charge in [0.15, 0.2) is 0 Å². The van der Waals surface area contributed by atoms with Crippen LogP contribution in [0.1, 0.15) is 32.3 Å². The van der Waals surface area contributed by atoms with E-state index in [4.69, 9.17) is 5.26 Å². The van der Waals surface area contributed by atoms with Crippen LogP contribution in [0.4, 0.5) is 5.69 Å². The summed E-state index contributed by atoms with van der Waals surface area (Å²) in [6.45, 7) is 4.31. The number of nitrogens with one attached hydrogen (secondary N) is 2. The van der Waals surface area contributed by atoms with Crippen LogP contribution in [0, 0.1) is 11.3 Å². The number of halogens is 1. The van der Waals surface area contributed by atoms with Gasteiger partial charge in [-0.25, -0.2) is 0 Å². The molecule has 2 N–H and O–H groups in total. The fourth-order valence-corrected chi connectivity index (χ4v) is 2.25. The number of carbonyl (C=O) groups excluding carboxylic acids is 1. The first-order chi connectivity index (χ1) is 9.06. The van der Waals surface area contributed by atoms with Crippen molar-refractivity contribution in [1.29, 1.82) is 5.26 Å². The molecule has 4 nitrogen and oxygen atoms in total. The first-order valence-electron chi connectivity index (χ1n) is 6.29. The van der Waals surface area contributed by atoms with Crippen LogP contribution in [0.2, 0.25) is 0 Å². The van der Waals surface area contributed by atoms with E-state index in [1.807, 2.05) is 6.92 Å². The van der Waals surface area contributed by atoms with Gasteiger partial charge in [-0.3, -0.25) is 4.79 Å². The lowest BCUT2D eigenvalue weighted by Gasteiger charge is -2.14.